The third-order valence-electron chi connectivity index (χ3n) is 2.67. The van der Waals surface area contributed by atoms with Gasteiger partial charge in [-0.3, -0.25) is 9.10 Å². The Hall–Kier alpha value is -1.56. The molecule has 0 radical (unpaired) electrons. The number of nitrogens with zero attached hydrogens (tertiary/aromatic N) is 1. The first-order valence-electron chi connectivity index (χ1n) is 6.15. The Morgan fingerprint density at radius 3 is 2.53 bits per heavy atom. The summed E-state index contributed by atoms with van der Waals surface area (Å²) in [5, 5.41) is 2.77. The summed E-state index contributed by atoms with van der Waals surface area (Å²) in [5.41, 5.74) is 0.933. The van der Waals surface area contributed by atoms with Crippen LogP contribution in [0.25, 0.3) is 0 Å². The summed E-state index contributed by atoms with van der Waals surface area (Å²) in [4.78, 5) is 11.9. The molecule has 0 bridgehead atoms. The van der Waals surface area contributed by atoms with E-state index in [2.05, 4.69) is 5.32 Å². The van der Waals surface area contributed by atoms with Crippen LogP contribution in [0.3, 0.4) is 0 Å². The molecule has 0 aliphatic carbocycles. The Morgan fingerprint density at radius 1 is 1.37 bits per heavy atom. The van der Waals surface area contributed by atoms with Gasteiger partial charge in [-0.05, 0) is 39.0 Å². The normalized spacial score (nSPS) is 11.4. The minimum atomic E-state index is -3.32. The van der Waals surface area contributed by atoms with Gasteiger partial charge in [-0.15, -0.1) is 0 Å². The Balaban J connectivity index is 3.04. The first-order valence-corrected chi connectivity index (χ1v) is 7.76. The second kappa shape index (κ2) is 6.06. The minimum Gasteiger partial charge on any atom is -0.350 e. The maximum absolute atomic E-state index is 11.9. The van der Waals surface area contributed by atoms with Gasteiger partial charge in [0.2, 0.25) is 10.0 Å². The van der Waals surface area contributed by atoms with Gasteiger partial charge in [0, 0.05) is 18.7 Å². The van der Waals surface area contributed by atoms with Crippen LogP contribution in [0.5, 0.6) is 0 Å². The molecule has 0 aliphatic heterocycles. The average Bonchev–Trinajstić information content (AvgIpc) is 2.37. The lowest BCUT2D eigenvalue weighted by Gasteiger charge is -2.19. The predicted octanol–water partition coefficient (Wildman–Crippen LogP) is 1.61. The molecule has 19 heavy (non-hydrogen) atoms. The van der Waals surface area contributed by atoms with E-state index in [0.29, 0.717) is 11.3 Å². The largest absolute Gasteiger partial charge is 0.350 e. The zero-order valence-corrected chi connectivity index (χ0v) is 12.5. The first-order chi connectivity index (χ1) is 8.77. The molecule has 0 aromatic heterocycles. The van der Waals surface area contributed by atoms with Crippen LogP contribution in [0.1, 0.15) is 31.1 Å². The van der Waals surface area contributed by atoms with Crippen LogP contribution in [0.15, 0.2) is 24.3 Å². The van der Waals surface area contributed by atoms with Crippen LogP contribution in [0, 0.1) is 0 Å². The SMILES string of the molecule is CCS(=O)(=O)N(C)c1cccc(C(=O)NC(C)C)c1. The summed E-state index contributed by atoms with van der Waals surface area (Å²) in [7, 11) is -1.83. The summed E-state index contributed by atoms with van der Waals surface area (Å²) in [5.74, 6) is -0.189. The van der Waals surface area contributed by atoms with Crippen molar-refractivity contribution in [2.24, 2.45) is 0 Å². The Morgan fingerprint density at radius 2 is 2.00 bits per heavy atom. The van der Waals surface area contributed by atoms with Crippen LogP contribution in [-0.2, 0) is 10.0 Å². The molecule has 0 aliphatic rings. The van der Waals surface area contributed by atoms with Crippen LogP contribution in [0.2, 0.25) is 0 Å². The van der Waals surface area contributed by atoms with Crippen molar-refractivity contribution < 1.29 is 13.2 Å². The van der Waals surface area contributed by atoms with Gasteiger partial charge in [0.15, 0.2) is 0 Å². The molecule has 0 saturated carbocycles. The van der Waals surface area contributed by atoms with Gasteiger partial charge in [0.05, 0.1) is 11.4 Å². The highest BCUT2D eigenvalue weighted by Crippen LogP contribution is 2.18. The number of anilines is 1. The molecule has 1 aromatic carbocycles. The lowest BCUT2D eigenvalue weighted by atomic mass is 10.2. The molecule has 0 atom stereocenters. The summed E-state index contributed by atoms with van der Waals surface area (Å²) in [6.45, 7) is 5.33. The molecule has 0 spiro atoms. The average molecular weight is 284 g/mol. The van der Waals surface area contributed by atoms with Crippen molar-refractivity contribution >= 4 is 21.6 Å². The van der Waals surface area contributed by atoms with Gasteiger partial charge in [-0.2, -0.15) is 0 Å². The maximum atomic E-state index is 11.9. The monoisotopic (exact) mass is 284 g/mol. The van der Waals surface area contributed by atoms with E-state index in [1.165, 1.54) is 11.4 Å². The molecule has 0 fully saturated rings. The molecular weight excluding hydrogens is 264 g/mol. The van der Waals surface area contributed by atoms with Gasteiger partial charge >= 0.3 is 0 Å². The Labute approximate surface area is 114 Å². The number of sulfonamides is 1. The Bertz CT molecular complexity index is 553. The van der Waals surface area contributed by atoms with Gasteiger partial charge in [-0.25, -0.2) is 8.42 Å². The van der Waals surface area contributed by atoms with Gasteiger partial charge < -0.3 is 5.32 Å². The maximum Gasteiger partial charge on any atom is 0.251 e. The second-order valence-corrected chi connectivity index (χ2v) is 6.84. The first kappa shape index (κ1) is 15.5. The quantitative estimate of drug-likeness (QED) is 0.893. The number of hydrogen-bond donors (Lipinski definition) is 1. The fraction of sp³-hybridized carbons (Fsp3) is 0.462. The molecule has 0 heterocycles. The molecule has 6 heteroatoms. The molecule has 0 saturated heterocycles. The molecule has 0 unspecified atom stereocenters. The fourth-order valence-corrected chi connectivity index (χ4v) is 2.36. The summed E-state index contributed by atoms with van der Waals surface area (Å²) < 4.78 is 24.8. The zero-order chi connectivity index (χ0) is 14.6. The fourth-order valence-electron chi connectivity index (χ4n) is 1.54. The van der Waals surface area contributed by atoms with E-state index in [9.17, 15) is 13.2 Å². The van der Waals surface area contributed by atoms with Gasteiger partial charge in [-0.1, -0.05) is 6.07 Å². The zero-order valence-electron chi connectivity index (χ0n) is 11.7. The standard InChI is InChI=1S/C13H20N2O3S/c1-5-19(17,18)15(4)12-8-6-7-11(9-12)13(16)14-10(2)3/h6-10H,5H2,1-4H3,(H,14,16). The highest BCUT2D eigenvalue weighted by atomic mass is 32.2. The van der Waals surface area contributed by atoms with Gasteiger partial charge in [0.1, 0.15) is 0 Å². The number of carbonyl (C=O) groups is 1. The van der Waals surface area contributed by atoms with E-state index in [4.69, 9.17) is 0 Å². The lowest BCUT2D eigenvalue weighted by Crippen LogP contribution is -2.31. The van der Waals surface area contributed by atoms with E-state index in [1.807, 2.05) is 13.8 Å². The highest BCUT2D eigenvalue weighted by molar-refractivity contribution is 7.92. The third kappa shape index (κ3) is 3.96. The van der Waals surface area contributed by atoms with Crippen molar-refractivity contribution in [3.63, 3.8) is 0 Å². The summed E-state index contributed by atoms with van der Waals surface area (Å²) in [6, 6.07) is 6.61. The van der Waals surface area contributed by atoms with E-state index >= 15 is 0 Å². The van der Waals surface area contributed by atoms with E-state index < -0.39 is 10.0 Å². The number of amides is 1. The van der Waals surface area contributed by atoms with Gasteiger partial charge in [0.25, 0.3) is 5.91 Å². The topological polar surface area (TPSA) is 66.5 Å². The van der Waals surface area contributed by atoms with E-state index in [1.54, 1.807) is 31.2 Å². The van der Waals surface area contributed by atoms with Crippen LogP contribution < -0.4 is 9.62 Å². The lowest BCUT2D eigenvalue weighted by molar-refractivity contribution is 0.0943. The highest BCUT2D eigenvalue weighted by Gasteiger charge is 2.17. The molecule has 5 nitrogen and oxygen atoms in total. The van der Waals surface area contributed by atoms with Crippen molar-refractivity contribution in [1.82, 2.24) is 5.32 Å². The van der Waals surface area contributed by atoms with Crippen molar-refractivity contribution in [3.05, 3.63) is 29.8 Å². The van der Waals surface area contributed by atoms with Crippen molar-refractivity contribution in [1.29, 1.82) is 0 Å². The Kier molecular flexibility index (Phi) is 4.94. The number of benzene rings is 1. The minimum absolute atomic E-state index is 0.0198. The van der Waals surface area contributed by atoms with E-state index in [-0.39, 0.29) is 17.7 Å². The molecular formula is C13H20N2O3S. The van der Waals surface area contributed by atoms with Crippen molar-refractivity contribution in [3.8, 4) is 0 Å². The predicted molar refractivity (Wildman–Crippen MR) is 76.9 cm³/mol. The summed E-state index contributed by atoms with van der Waals surface area (Å²) >= 11 is 0. The molecule has 106 valence electrons. The summed E-state index contributed by atoms with van der Waals surface area (Å²) in [6.07, 6.45) is 0. The smallest absolute Gasteiger partial charge is 0.251 e. The van der Waals surface area contributed by atoms with Crippen LogP contribution in [-0.4, -0.2) is 33.2 Å². The van der Waals surface area contributed by atoms with E-state index in [0.717, 1.165) is 0 Å². The van der Waals surface area contributed by atoms with Crippen molar-refractivity contribution in [2.45, 2.75) is 26.8 Å². The van der Waals surface area contributed by atoms with Crippen LogP contribution in [0.4, 0.5) is 5.69 Å². The third-order valence-corrected chi connectivity index (χ3v) is 4.45. The number of rotatable bonds is 5. The molecule has 1 amide bonds. The second-order valence-electron chi connectivity index (χ2n) is 4.55. The number of hydrogen-bond acceptors (Lipinski definition) is 3. The number of nitrogens with one attached hydrogen (secondary N) is 1. The van der Waals surface area contributed by atoms with Crippen LogP contribution >= 0.6 is 0 Å². The molecule has 1 rings (SSSR count). The number of carbonyl (C=O) groups excluding carboxylic acids is 1. The van der Waals surface area contributed by atoms with Crippen molar-refractivity contribution in [2.75, 3.05) is 17.1 Å². The molecule has 1 N–H and O–H groups in total. The molecule has 1 aromatic rings.